The summed E-state index contributed by atoms with van der Waals surface area (Å²) in [6.45, 7) is 14.7. The van der Waals surface area contributed by atoms with Crippen LogP contribution >= 0.6 is 17.8 Å². The van der Waals surface area contributed by atoms with Crippen molar-refractivity contribution < 1.29 is 168 Å². The van der Waals surface area contributed by atoms with E-state index in [1.54, 1.807) is 115 Å². The van der Waals surface area contributed by atoms with Gasteiger partial charge >= 0.3 is 99.3 Å². The van der Waals surface area contributed by atoms with E-state index in [1.165, 1.54) is 33.0 Å². The second kappa shape index (κ2) is 64.2. The van der Waals surface area contributed by atoms with E-state index in [1.807, 2.05) is 18.2 Å². The van der Waals surface area contributed by atoms with Gasteiger partial charge in [0.25, 0.3) is 55.7 Å². The number of nitrogens with two attached hydrogens (primary N) is 1. The minimum absolute atomic E-state index is 0. The Morgan fingerprint density at radius 3 is 0.932 bits per heavy atom. The maximum atomic E-state index is 11.9. The predicted molar refractivity (Wildman–Crippen MR) is 460 cm³/mol. The van der Waals surface area contributed by atoms with Gasteiger partial charge in [-0.3, -0.25) is 99.1 Å². The summed E-state index contributed by atoms with van der Waals surface area (Å²) >= 11 is -0.826. The number of ether oxygens (including phenoxy) is 3. The number of aromatic amines is 1. The number of esters is 3. The van der Waals surface area contributed by atoms with Gasteiger partial charge in [-0.25, -0.2) is 33.6 Å². The number of carboxylic acid groups (broad SMARTS) is 4. The average Bonchev–Trinajstić information content (AvgIpc) is 0.888. The van der Waals surface area contributed by atoms with Gasteiger partial charge in [-0.1, -0.05) is 43.8 Å². The van der Waals surface area contributed by atoms with E-state index in [0.29, 0.717) is 29.0 Å². The molecule has 0 aliphatic heterocycles. The third-order valence-electron chi connectivity index (χ3n) is 13.8. The van der Waals surface area contributed by atoms with Crippen molar-refractivity contribution in [1.29, 1.82) is 0 Å². The molecule has 0 saturated heterocycles. The van der Waals surface area contributed by atoms with Crippen molar-refractivity contribution in [2.24, 2.45) is 0 Å². The summed E-state index contributed by atoms with van der Waals surface area (Å²) in [6.07, 6.45) is 4.61. The van der Waals surface area contributed by atoms with E-state index in [2.05, 4.69) is 4.98 Å². The fourth-order valence-corrected chi connectivity index (χ4v) is 8.65. The molecule has 14 N–H and O–H groups in total. The van der Waals surface area contributed by atoms with Crippen molar-refractivity contribution in [3.05, 3.63) is 301 Å². The van der Waals surface area contributed by atoms with E-state index in [0.717, 1.165) is 70.6 Å². The molecule has 132 heavy (non-hydrogen) atoms. The van der Waals surface area contributed by atoms with Gasteiger partial charge < -0.3 is 65.8 Å². The topological polar surface area (TPSA) is 914 Å². The monoisotopic (exact) mass is 2070 g/mol. The minimum atomic E-state index is -4.67. The van der Waals surface area contributed by atoms with Crippen molar-refractivity contribution in [2.75, 3.05) is 46.3 Å². The summed E-state index contributed by atoms with van der Waals surface area (Å²) in [5.74, 6) is -6.62. The molecule has 0 amide bonds. The number of carboxylic acids is 4. The van der Waals surface area contributed by atoms with Gasteiger partial charge in [0.05, 0.1) is 128 Å². The van der Waals surface area contributed by atoms with Crippen LogP contribution in [0.5, 0.6) is 0 Å². The molecule has 0 atom stereocenters. The van der Waals surface area contributed by atoms with Crippen molar-refractivity contribution in [2.45, 2.75) is 69.7 Å². The van der Waals surface area contributed by atoms with Crippen LogP contribution in [-0.2, 0) is 35.0 Å². The van der Waals surface area contributed by atoms with Crippen molar-refractivity contribution in [3.63, 3.8) is 0 Å². The summed E-state index contributed by atoms with van der Waals surface area (Å²) < 4.78 is 77.6. The maximum absolute atomic E-state index is 11.9. The first-order chi connectivity index (χ1) is 60.3. The van der Waals surface area contributed by atoms with E-state index >= 15 is 0 Å². The van der Waals surface area contributed by atoms with Crippen LogP contribution in [0.15, 0.2) is 128 Å². The molecule has 0 fully saturated rings. The second-order valence-corrected chi connectivity index (χ2v) is 29.0. The molecule has 1 aromatic heterocycles. The van der Waals surface area contributed by atoms with Crippen LogP contribution in [0.4, 0.5) is 51.2 Å². The van der Waals surface area contributed by atoms with Gasteiger partial charge in [0, 0.05) is 84.4 Å². The zero-order valence-corrected chi connectivity index (χ0v) is 74.9. The molecular weight excluding hydrogens is 1980 g/mol. The van der Waals surface area contributed by atoms with Gasteiger partial charge in [0.15, 0.2) is 0 Å². The molecular formula is C69H81Cl2N13O45S2Sn. The first-order valence-electron chi connectivity index (χ1n) is 34.0. The van der Waals surface area contributed by atoms with Crippen LogP contribution in [0.3, 0.4) is 0 Å². The van der Waals surface area contributed by atoms with Gasteiger partial charge in [0.1, 0.15) is 0 Å². The standard InChI is InChI=1S/C13H15N3O6.C11H12N2O2.C10H10N2O6.2C8H6N2O6.2C8H8O2.C2H6O.CH4.2ClH.2HNO3.2H2O4S.Sn/c1-4-22-13(17)11-7-9(15(18)19)8-12(16(20)21)10(11)5-6-14(2)3;1-2-15-11(14)9-5-7(12)6-10-8(9)3-4-13-10;1-3-18-10(13)8-4-7(11(14)15)5-9(6(8)2)12(16)17;2*1-4-6(8(11)12)2-5(9(13)14)3-7(4)10(15)16;2*1-6-4-2-3-5-7(6)8(9)10;1-2-3;;;;2*2-1(3)4;2*1-5(2,3)4;/h5-8H,4H2,1-3H3;3-6,13H,2,12H2,1H3;4-5H,3H2,1-2H3;2*2-3H,1H3,(H,11,12);2*2-5H,1H3,(H,9,10);3H,2H2,1H3;1H4;2*1H;2*(H,2,3,4);2*(H2,1,2,3,4);/q;;;;;;;;;;;;;;;+2/p-2/b6-5+;;;;;;;;;;;;;;;. The first kappa shape index (κ1) is 127. The Labute approximate surface area is 758 Å². The quantitative estimate of drug-likeness (QED) is 0.00641. The van der Waals surface area contributed by atoms with Crippen LogP contribution in [0.25, 0.3) is 17.0 Å². The Hall–Kier alpha value is -15.6. The number of hydrogen-bond acceptors (Lipinski definition) is 37. The number of non-ortho nitro benzene ring substituents is 4. The third kappa shape index (κ3) is 53.1. The van der Waals surface area contributed by atoms with Gasteiger partial charge in [-0.05, 0) is 116 Å². The van der Waals surface area contributed by atoms with Crippen LogP contribution in [0, 0.1) is 136 Å². The Balaban J connectivity index is -0.000000339. The van der Waals surface area contributed by atoms with Crippen LogP contribution in [0.1, 0.15) is 141 Å². The molecule has 0 unspecified atom stereocenters. The first-order valence-corrected chi connectivity index (χ1v) is 44.0. The van der Waals surface area contributed by atoms with Crippen LogP contribution in [-0.4, -0.2) is 232 Å². The number of nitrogen functional groups attached to an aromatic ring is 1. The zero-order chi connectivity index (χ0) is 103. The molecule has 722 valence electrons. The fraction of sp³-hybridized carbons (Fsp3) is 0.232. The van der Waals surface area contributed by atoms with E-state index in [-0.39, 0.29) is 66.6 Å². The molecule has 0 bridgehead atoms. The Bertz CT molecular complexity index is 5400. The average molecular weight is 2070 g/mol. The number of benzene rings is 7. The van der Waals surface area contributed by atoms with Gasteiger partial charge in [-0.15, -0.1) is 20.2 Å². The molecule has 1 heterocycles. The van der Waals surface area contributed by atoms with Crippen LogP contribution < -0.4 is 5.73 Å². The van der Waals surface area contributed by atoms with E-state index in [9.17, 15) is 114 Å². The number of carbonyl (C=O) groups is 7. The van der Waals surface area contributed by atoms with Crippen molar-refractivity contribution in [3.8, 4) is 0 Å². The number of nitro groups is 8. The van der Waals surface area contributed by atoms with Crippen molar-refractivity contribution in [1.82, 2.24) is 9.88 Å². The Kier molecular flexibility index (Phi) is 61.8. The number of halogens is 2. The summed E-state index contributed by atoms with van der Waals surface area (Å²) in [5.41, 5.74) is 4.00. The van der Waals surface area contributed by atoms with Crippen molar-refractivity contribution >= 4 is 167 Å². The number of aromatic nitrogens is 1. The van der Waals surface area contributed by atoms with E-state index in [4.69, 9.17) is 129 Å². The predicted octanol–water partition coefficient (Wildman–Crippen LogP) is 12.2. The molecule has 8 rings (SSSR count). The summed E-state index contributed by atoms with van der Waals surface area (Å²) in [4.78, 5) is 178. The number of rotatable bonds is 20. The van der Waals surface area contributed by atoms with Crippen LogP contribution in [0.2, 0.25) is 0 Å². The Morgan fingerprint density at radius 1 is 0.432 bits per heavy atom. The summed E-state index contributed by atoms with van der Waals surface area (Å²) in [6, 6.07) is 25.7. The number of anilines is 1. The number of nitrogens with one attached hydrogen (secondary N) is 1. The van der Waals surface area contributed by atoms with E-state index < -0.39 is 182 Å². The fourth-order valence-electron chi connectivity index (χ4n) is 8.65. The number of fused-ring (bicyclic) bond motifs is 1. The molecule has 63 heteroatoms. The zero-order valence-electron chi connectivity index (χ0n) is 68.9. The summed E-state index contributed by atoms with van der Waals surface area (Å²) in [5, 5.41) is 156. The van der Waals surface area contributed by atoms with Gasteiger partial charge in [0.2, 0.25) is 0 Å². The number of H-pyrrole nitrogens is 1. The summed E-state index contributed by atoms with van der Waals surface area (Å²) in [7, 11) is 3.92. The number of nitro benzene ring substituents is 8. The number of aryl methyl sites for hydroxylation is 2. The number of nitrogens with zero attached hydrogens (tertiary/aromatic N) is 11. The molecule has 0 aliphatic carbocycles. The number of aromatic carboxylic acids is 4. The molecule has 7 aromatic carbocycles. The molecule has 0 saturated carbocycles. The van der Waals surface area contributed by atoms with Gasteiger partial charge in [-0.2, -0.15) is 16.8 Å². The molecule has 0 aliphatic rings. The molecule has 0 spiro atoms. The number of carbonyl (C=O) groups excluding carboxylic acids is 3. The molecule has 2 radical (unpaired) electrons. The Morgan fingerprint density at radius 2 is 0.682 bits per heavy atom. The normalized spacial score (nSPS) is 9.59. The molecule has 8 aromatic rings. The molecule has 58 nitrogen and oxygen atoms in total. The number of aliphatic hydroxyl groups is 1. The number of aliphatic hydroxyl groups excluding tert-OH is 1. The third-order valence-corrected chi connectivity index (χ3v) is 13.8. The second-order valence-electron chi connectivity index (χ2n) is 23.0. The SMILES string of the molecule is C.CCO.CCOC(=O)c1cc(N)cc2[nH]ccc12.CCOC(=O)c1cc([N+](=O)[O-])cc([N+](=O)[O-])c1/C=C/N(C)C.CCOC(=O)c1cc([N+](=O)[O-])cc([N+](=O)[O-])c1C.Cc1c(C(=O)O)cc([N+](=O)[O-])cc1[N+](=O)[O-].Cc1c(C(=O)O)cc([N+](=O)[O-])cc1[N+](=O)[O-].Cc1ccccc1C(=O)O.Cc1ccccc1C(=O)O.O=S(=O)(O)O.O=S(=O)(O)O.O=[N+]([O-])O.O=[N+]([O-])O.[Cl][Sn][Cl]. The number of hydrogen-bond donors (Lipinski definition) is 13.